The maximum absolute atomic E-state index is 12.5. The van der Waals surface area contributed by atoms with Crippen LogP contribution in [0, 0.1) is 6.92 Å². The molecule has 0 bridgehead atoms. The van der Waals surface area contributed by atoms with Gasteiger partial charge in [0.05, 0.1) is 5.56 Å². The molecule has 2 aromatic rings. The lowest BCUT2D eigenvalue weighted by Gasteiger charge is -2.14. The minimum atomic E-state index is -0.0843. The second-order valence-electron chi connectivity index (χ2n) is 4.71. The molecule has 0 spiro atoms. The number of hydrogen-bond donors (Lipinski definition) is 2. The zero-order chi connectivity index (χ0) is 14.5. The zero-order valence-corrected chi connectivity index (χ0v) is 12.2. The molecule has 0 heterocycles. The van der Waals surface area contributed by atoms with Crippen molar-refractivity contribution >= 4 is 17.3 Å². The van der Waals surface area contributed by atoms with Gasteiger partial charge in [0.2, 0.25) is 0 Å². The van der Waals surface area contributed by atoms with Gasteiger partial charge < -0.3 is 10.6 Å². The molecule has 0 unspecified atom stereocenters. The van der Waals surface area contributed by atoms with Crippen LogP contribution in [0.5, 0.6) is 0 Å². The van der Waals surface area contributed by atoms with Gasteiger partial charge >= 0.3 is 0 Å². The predicted octanol–water partition coefficient (Wildman–Crippen LogP) is 3.85. The van der Waals surface area contributed by atoms with Crippen LogP contribution in [-0.4, -0.2) is 13.0 Å². The molecule has 3 nitrogen and oxygen atoms in total. The first-order valence-corrected chi connectivity index (χ1v) is 6.84. The molecule has 0 aromatic heterocycles. The maximum Gasteiger partial charge on any atom is 0.257 e. The second-order valence-corrected chi connectivity index (χ2v) is 4.71. The normalized spacial score (nSPS) is 10.2. The fourth-order valence-corrected chi connectivity index (χ4v) is 2.28. The Bertz CT molecular complexity index is 620. The molecule has 2 aromatic carbocycles. The topological polar surface area (TPSA) is 41.1 Å². The third-order valence-electron chi connectivity index (χ3n) is 3.42. The maximum atomic E-state index is 12.5. The van der Waals surface area contributed by atoms with Gasteiger partial charge in [0, 0.05) is 18.4 Å². The molecule has 0 aliphatic heterocycles. The molecule has 3 heteroatoms. The summed E-state index contributed by atoms with van der Waals surface area (Å²) in [5.41, 5.74) is 4.64. The first-order chi connectivity index (χ1) is 9.67. The standard InChI is InChI=1S/C17H20N2O/c1-4-13-9-7-8-12(2)16(13)19-17(20)14-10-5-6-11-15(14)18-3/h5-11,18H,4H2,1-3H3,(H,19,20). The van der Waals surface area contributed by atoms with Gasteiger partial charge in [0.25, 0.3) is 5.91 Å². The van der Waals surface area contributed by atoms with Crippen molar-refractivity contribution in [1.82, 2.24) is 0 Å². The summed E-state index contributed by atoms with van der Waals surface area (Å²) in [6.45, 7) is 4.10. The van der Waals surface area contributed by atoms with Crippen molar-refractivity contribution in [3.63, 3.8) is 0 Å². The van der Waals surface area contributed by atoms with Gasteiger partial charge in [-0.15, -0.1) is 0 Å². The van der Waals surface area contributed by atoms with Crippen LogP contribution in [0.15, 0.2) is 42.5 Å². The van der Waals surface area contributed by atoms with E-state index in [0.29, 0.717) is 5.56 Å². The molecule has 104 valence electrons. The zero-order valence-electron chi connectivity index (χ0n) is 12.2. The Labute approximate surface area is 120 Å². The third kappa shape index (κ3) is 2.82. The first-order valence-electron chi connectivity index (χ1n) is 6.84. The van der Waals surface area contributed by atoms with Crippen molar-refractivity contribution in [2.24, 2.45) is 0 Å². The molecular weight excluding hydrogens is 248 g/mol. The minimum Gasteiger partial charge on any atom is -0.387 e. The Kier molecular flexibility index (Phi) is 4.41. The summed E-state index contributed by atoms with van der Waals surface area (Å²) in [6.07, 6.45) is 0.894. The van der Waals surface area contributed by atoms with Gasteiger partial charge in [-0.25, -0.2) is 0 Å². The number of nitrogens with one attached hydrogen (secondary N) is 2. The molecule has 2 N–H and O–H groups in total. The van der Waals surface area contributed by atoms with E-state index in [2.05, 4.69) is 17.6 Å². The third-order valence-corrected chi connectivity index (χ3v) is 3.42. The van der Waals surface area contributed by atoms with Gasteiger partial charge in [-0.2, -0.15) is 0 Å². The Morgan fingerprint density at radius 1 is 1.10 bits per heavy atom. The number of carbonyl (C=O) groups is 1. The molecule has 0 atom stereocenters. The van der Waals surface area contributed by atoms with E-state index in [4.69, 9.17) is 0 Å². The lowest BCUT2D eigenvalue weighted by molar-refractivity contribution is 0.102. The van der Waals surface area contributed by atoms with Gasteiger partial charge in [-0.05, 0) is 36.6 Å². The number of amides is 1. The fourth-order valence-electron chi connectivity index (χ4n) is 2.28. The van der Waals surface area contributed by atoms with Gasteiger partial charge in [0.15, 0.2) is 0 Å². The molecule has 1 amide bonds. The number of carbonyl (C=O) groups excluding carboxylic acids is 1. The Hall–Kier alpha value is -2.29. The summed E-state index contributed by atoms with van der Waals surface area (Å²) in [5.74, 6) is -0.0843. The van der Waals surface area contributed by atoms with Crippen LogP contribution < -0.4 is 10.6 Å². The smallest absolute Gasteiger partial charge is 0.257 e. The van der Waals surface area contributed by atoms with E-state index < -0.39 is 0 Å². The van der Waals surface area contributed by atoms with Gasteiger partial charge in [-0.3, -0.25) is 4.79 Å². The van der Waals surface area contributed by atoms with Crippen molar-refractivity contribution in [2.45, 2.75) is 20.3 Å². The highest BCUT2D eigenvalue weighted by molar-refractivity contribution is 6.08. The van der Waals surface area contributed by atoms with E-state index in [9.17, 15) is 4.79 Å². The van der Waals surface area contributed by atoms with E-state index in [0.717, 1.165) is 28.9 Å². The largest absolute Gasteiger partial charge is 0.387 e. The Morgan fingerprint density at radius 2 is 1.85 bits per heavy atom. The Balaban J connectivity index is 2.33. The predicted molar refractivity (Wildman–Crippen MR) is 84.5 cm³/mol. The minimum absolute atomic E-state index is 0.0843. The summed E-state index contributed by atoms with van der Waals surface area (Å²) in [5, 5.41) is 6.09. The quantitative estimate of drug-likeness (QED) is 0.884. The van der Waals surface area contributed by atoms with Crippen LogP contribution in [0.4, 0.5) is 11.4 Å². The number of hydrogen-bond acceptors (Lipinski definition) is 2. The highest BCUT2D eigenvalue weighted by Crippen LogP contribution is 2.23. The average Bonchev–Trinajstić information content (AvgIpc) is 2.49. The van der Waals surface area contributed by atoms with Crippen LogP contribution in [0.1, 0.15) is 28.4 Å². The van der Waals surface area contributed by atoms with Gasteiger partial charge in [-0.1, -0.05) is 37.3 Å². The molecule has 20 heavy (non-hydrogen) atoms. The highest BCUT2D eigenvalue weighted by Gasteiger charge is 2.13. The van der Waals surface area contributed by atoms with Crippen LogP contribution in [-0.2, 0) is 6.42 Å². The molecule has 0 saturated heterocycles. The Morgan fingerprint density at radius 3 is 2.55 bits per heavy atom. The van der Waals surface area contributed by atoms with E-state index in [1.807, 2.05) is 56.4 Å². The van der Waals surface area contributed by atoms with Crippen molar-refractivity contribution < 1.29 is 4.79 Å². The molecule has 0 aliphatic carbocycles. The molecule has 0 radical (unpaired) electrons. The first kappa shape index (κ1) is 14.1. The molecule has 0 saturated carbocycles. The monoisotopic (exact) mass is 268 g/mol. The molecule has 0 fully saturated rings. The lowest BCUT2D eigenvalue weighted by atomic mass is 10.0. The van der Waals surface area contributed by atoms with Crippen LogP contribution >= 0.6 is 0 Å². The number of aryl methyl sites for hydroxylation is 2. The second kappa shape index (κ2) is 6.24. The van der Waals surface area contributed by atoms with Gasteiger partial charge in [0.1, 0.15) is 0 Å². The number of rotatable bonds is 4. The summed E-state index contributed by atoms with van der Waals surface area (Å²) < 4.78 is 0. The number of benzene rings is 2. The van der Waals surface area contributed by atoms with E-state index >= 15 is 0 Å². The number of para-hydroxylation sites is 2. The van der Waals surface area contributed by atoms with Crippen LogP contribution in [0.2, 0.25) is 0 Å². The van der Waals surface area contributed by atoms with Crippen molar-refractivity contribution in [2.75, 3.05) is 17.7 Å². The van der Waals surface area contributed by atoms with Crippen molar-refractivity contribution in [3.05, 3.63) is 59.2 Å². The van der Waals surface area contributed by atoms with Crippen molar-refractivity contribution in [1.29, 1.82) is 0 Å². The highest BCUT2D eigenvalue weighted by atomic mass is 16.1. The van der Waals surface area contributed by atoms with Crippen LogP contribution in [0.3, 0.4) is 0 Å². The molecule has 2 rings (SSSR count). The molecule has 0 aliphatic rings. The summed E-state index contributed by atoms with van der Waals surface area (Å²) >= 11 is 0. The fraction of sp³-hybridized carbons (Fsp3) is 0.235. The van der Waals surface area contributed by atoms with E-state index in [-0.39, 0.29) is 5.91 Å². The lowest BCUT2D eigenvalue weighted by Crippen LogP contribution is -2.15. The number of anilines is 2. The van der Waals surface area contributed by atoms with Crippen LogP contribution in [0.25, 0.3) is 0 Å². The van der Waals surface area contributed by atoms with E-state index in [1.54, 1.807) is 0 Å². The summed E-state index contributed by atoms with van der Waals surface area (Å²) in [7, 11) is 1.82. The average molecular weight is 268 g/mol. The summed E-state index contributed by atoms with van der Waals surface area (Å²) in [6, 6.07) is 13.6. The molecular formula is C17H20N2O. The SMILES string of the molecule is CCc1cccc(C)c1NC(=O)c1ccccc1NC. The van der Waals surface area contributed by atoms with Crippen molar-refractivity contribution in [3.8, 4) is 0 Å². The van der Waals surface area contributed by atoms with E-state index in [1.165, 1.54) is 0 Å². The summed E-state index contributed by atoms with van der Waals surface area (Å²) in [4.78, 5) is 12.5.